The topological polar surface area (TPSA) is 140 Å². The third kappa shape index (κ3) is 2.88. The molecule has 0 aliphatic heterocycles. The Balaban J connectivity index is 2.08. The number of rotatable bonds is 4. The van der Waals surface area contributed by atoms with Crippen molar-refractivity contribution in [2.45, 2.75) is 6.92 Å². The smallest absolute Gasteiger partial charge is 0.343 e. The highest BCUT2D eigenvalue weighted by atomic mass is 79.9. The number of hydrogen-bond acceptors (Lipinski definition) is 8. The van der Waals surface area contributed by atoms with Crippen molar-refractivity contribution in [2.75, 3.05) is 11.9 Å². The first-order chi connectivity index (χ1) is 12.5. The van der Waals surface area contributed by atoms with E-state index in [-0.39, 0.29) is 35.0 Å². The highest BCUT2D eigenvalue weighted by Crippen LogP contribution is 2.20. The Morgan fingerprint density at radius 2 is 2.12 bits per heavy atom. The van der Waals surface area contributed by atoms with E-state index in [1.807, 2.05) is 6.07 Å². The predicted octanol–water partition coefficient (Wildman–Crippen LogP) is 0.921. The first-order valence-corrected chi connectivity index (χ1v) is 8.07. The minimum absolute atomic E-state index is 0.0221. The number of hydrogen-bond donors (Lipinski definition) is 1. The summed E-state index contributed by atoms with van der Waals surface area (Å²) in [6, 6.07) is 1.83. The minimum atomic E-state index is -0.631. The summed E-state index contributed by atoms with van der Waals surface area (Å²) < 4.78 is 7.92. The molecule has 3 heterocycles. The molecule has 0 radical (unpaired) electrons. The number of halogens is 1. The number of fused-ring (bicyclic) bond motifs is 1. The maximum absolute atomic E-state index is 12.6. The molecule has 0 aromatic carbocycles. The van der Waals surface area contributed by atoms with Crippen molar-refractivity contribution in [3.63, 3.8) is 0 Å². The average Bonchev–Trinajstić information content (AvgIpc) is 3.19. The molecule has 0 spiro atoms. The van der Waals surface area contributed by atoms with Crippen LogP contribution in [0.1, 0.15) is 33.5 Å². The summed E-state index contributed by atoms with van der Waals surface area (Å²) in [5, 5.41) is 27.4. The number of carbonyl (C=O) groups excluding carboxylic acids is 2. The quantitative estimate of drug-likeness (QED) is 0.616. The molecular formula is C14H11BrN8O3. The van der Waals surface area contributed by atoms with Crippen LogP contribution in [0, 0.1) is 11.3 Å². The molecule has 0 saturated heterocycles. The second-order valence-corrected chi connectivity index (χ2v) is 5.80. The van der Waals surface area contributed by atoms with Crippen LogP contribution in [0.15, 0.2) is 16.9 Å². The number of aromatic nitrogens is 6. The van der Waals surface area contributed by atoms with Gasteiger partial charge in [0.1, 0.15) is 17.3 Å². The van der Waals surface area contributed by atoms with Crippen molar-refractivity contribution in [3.8, 4) is 6.07 Å². The van der Waals surface area contributed by atoms with Crippen LogP contribution in [-0.2, 0) is 11.8 Å². The molecule has 0 fully saturated rings. The third-order valence-electron chi connectivity index (χ3n) is 3.37. The van der Waals surface area contributed by atoms with Gasteiger partial charge in [-0.05, 0) is 22.9 Å². The van der Waals surface area contributed by atoms with E-state index < -0.39 is 11.9 Å². The SMILES string of the molecule is CCOC(=O)c1cnn2c(NC(=O)c3c(Br)cnn3C)c(C#N)nnc12. The van der Waals surface area contributed by atoms with Crippen LogP contribution in [-0.4, -0.2) is 48.1 Å². The van der Waals surface area contributed by atoms with Crippen LogP contribution in [0.5, 0.6) is 0 Å². The van der Waals surface area contributed by atoms with E-state index in [1.165, 1.54) is 17.1 Å². The van der Waals surface area contributed by atoms with E-state index in [4.69, 9.17) is 4.74 Å². The standard InChI is InChI=1S/C14H11BrN8O3/c1-3-26-14(25)7-5-18-23-11(7)21-20-9(4-16)12(23)19-13(24)10-8(15)6-17-22(10)2/h5-6H,3H2,1-2H3,(H,19,24). The zero-order valence-corrected chi connectivity index (χ0v) is 15.2. The second kappa shape index (κ2) is 6.89. The Labute approximate surface area is 154 Å². The van der Waals surface area contributed by atoms with Gasteiger partial charge in [0.2, 0.25) is 5.69 Å². The molecule has 1 amide bonds. The van der Waals surface area contributed by atoms with Gasteiger partial charge >= 0.3 is 5.97 Å². The monoisotopic (exact) mass is 418 g/mol. The summed E-state index contributed by atoms with van der Waals surface area (Å²) in [4.78, 5) is 24.5. The molecule has 3 aromatic rings. The number of anilines is 1. The lowest BCUT2D eigenvalue weighted by atomic mass is 10.3. The van der Waals surface area contributed by atoms with Gasteiger partial charge in [-0.3, -0.25) is 9.48 Å². The largest absolute Gasteiger partial charge is 0.462 e. The molecule has 0 aliphatic rings. The van der Waals surface area contributed by atoms with E-state index in [0.717, 1.165) is 4.52 Å². The molecule has 26 heavy (non-hydrogen) atoms. The molecular weight excluding hydrogens is 408 g/mol. The van der Waals surface area contributed by atoms with Crippen molar-refractivity contribution in [1.82, 2.24) is 29.6 Å². The van der Waals surface area contributed by atoms with Crippen molar-refractivity contribution < 1.29 is 14.3 Å². The van der Waals surface area contributed by atoms with Crippen molar-refractivity contribution in [3.05, 3.63) is 33.8 Å². The van der Waals surface area contributed by atoms with Gasteiger partial charge < -0.3 is 10.1 Å². The molecule has 0 atom stereocenters. The van der Waals surface area contributed by atoms with E-state index in [0.29, 0.717) is 4.47 Å². The number of nitrogens with zero attached hydrogens (tertiary/aromatic N) is 7. The van der Waals surface area contributed by atoms with E-state index in [1.54, 1.807) is 14.0 Å². The van der Waals surface area contributed by atoms with Crippen molar-refractivity contribution >= 4 is 39.3 Å². The molecule has 11 nitrogen and oxygen atoms in total. The maximum Gasteiger partial charge on any atom is 0.343 e. The van der Waals surface area contributed by atoms with Crippen LogP contribution < -0.4 is 5.32 Å². The van der Waals surface area contributed by atoms with Gasteiger partial charge in [0.25, 0.3) is 5.91 Å². The molecule has 0 saturated carbocycles. The number of ether oxygens (including phenoxy) is 1. The zero-order chi connectivity index (χ0) is 18.8. The van der Waals surface area contributed by atoms with Gasteiger partial charge in [-0.15, -0.1) is 10.2 Å². The number of esters is 1. The Hall–Kier alpha value is -3.33. The number of aryl methyl sites for hydroxylation is 1. The van der Waals surface area contributed by atoms with Crippen LogP contribution in [0.2, 0.25) is 0 Å². The molecule has 3 rings (SSSR count). The Morgan fingerprint density at radius 3 is 2.73 bits per heavy atom. The fourth-order valence-electron chi connectivity index (χ4n) is 2.22. The fourth-order valence-corrected chi connectivity index (χ4v) is 2.75. The summed E-state index contributed by atoms with van der Waals surface area (Å²) in [7, 11) is 1.60. The number of carbonyl (C=O) groups is 2. The molecule has 1 N–H and O–H groups in total. The van der Waals surface area contributed by atoms with Gasteiger partial charge in [-0.2, -0.15) is 20.0 Å². The van der Waals surface area contributed by atoms with Crippen molar-refractivity contribution in [2.24, 2.45) is 7.05 Å². The van der Waals surface area contributed by atoms with Gasteiger partial charge in [-0.25, -0.2) is 4.79 Å². The Morgan fingerprint density at radius 1 is 1.35 bits per heavy atom. The van der Waals surface area contributed by atoms with Gasteiger partial charge in [0.15, 0.2) is 11.5 Å². The Bertz CT molecular complexity index is 1040. The van der Waals surface area contributed by atoms with E-state index >= 15 is 0 Å². The van der Waals surface area contributed by atoms with Crippen LogP contribution in [0.3, 0.4) is 0 Å². The molecule has 0 unspecified atom stereocenters. The predicted molar refractivity (Wildman–Crippen MR) is 90.3 cm³/mol. The van der Waals surface area contributed by atoms with Crippen LogP contribution in [0.4, 0.5) is 5.82 Å². The average molecular weight is 419 g/mol. The summed E-state index contributed by atoms with van der Waals surface area (Å²) in [6.07, 6.45) is 2.70. The molecule has 12 heteroatoms. The highest BCUT2D eigenvalue weighted by molar-refractivity contribution is 9.10. The van der Waals surface area contributed by atoms with Gasteiger partial charge in [0.05, 0.1) is 23.5 Å². The third-order valence-corrected chi connectivity index (χ3v) is 3.95. The summed E-state index contributed by atoms with van der Waals surface area (Å²) >= 11 is 3.24. The molecule has 0 aliphatic carbocycles. The summed E-state index contributed by atoms with van der Waals surface area (Å²) in [6.45, 7) is 1.85. The minimum Gasteiger partial charge on any atom is -0.462 e. The number of amides is 1. The summed E-state index contributed by atoms with van der Waals surface area (Å²) in [5.74, 6) is -1.20. The van der Waals surface area contributed by atoms with Crippen molar-refractivity contribution in [1.29, 1.82) is 5.26 Å². The highest BCUT2D eigenvalue weighted by Gasteiger charge is 2.23. The second-order valence-electron chi connectivity index (χ2n) is 4.94. The summed E-state index contributed by atoms with van der Waals surface area (Å²) in [5.41, 5.74) is 0.196. The van der Waals surface area contributed by atoms with Crippen LogP contribution >= 0.6 is 15.9 Å². The lowest BCUT2D eigenvalue weighted by molar-refractivity contribution is 0.0528. The van der Waals surface area contributed by atoms with Gasteiger partial charge in [-0.1, -0.05) is 0 Å². The molecule has 0 bridgehead atoms. The fraction of sp³-hybridized carbons (Fsp3) is 0.214. The van der Waals surface area contributed by atoms with Gasteiger partial charge in [0, 0.05) is 7.05 Å². The maximum atomic E-state index is 12.6. The first kappa shape index (κ1) is 17.5. The Kier molecular flexibility index (Phi) is 4.63. The van der Waals surface area contributed by atoms with E-state index in [2.05, 4.69) is 41.6 Å². The first-order valence-electron chi connectivity index (χ1n) is 7.28. The van der Waals surface area contributed by atoms with E-state index in [9.17, 15) is 14.9 Å². The molecule has 132 valence electrons. The van der Waals surface area contributed by atoms with Crippen LogP contribution in [0.25, 0.3) is 5.65 Å². The lowest BCUT2D eigenvalue weighted by Crippen LogP contribution is -2.20. The normalized spacial score (nSPS) is 10.5. The molecule has 3 aromatic heterocycles. The lowest BCUT2D eigenvalue weighted by Gasteiger charge is -2.08. The number of nitriles is 1. The number of nitrogens with one attached hydrogen (secondary N) is 1. The zero-order valence-electron chi connectivity index (χ0n) is 13.6.